The largest absolute Gasteiger partial charge is 0.497 e. The topological polar surface area (TPSA) is 75.7 Å². The maximum atomic E-state index is 14.8. The fourth-order valence-corrected chi connectivity index (χ4v) is 7.23. The van der Waals surface area contributed by atoms with Crippen LogP contribution in [-0.2, 0) is 10.2 Å². The van der Waals surface area contributed by atoms with E-state index in [4.69, 9.17) is 16.3 Å². The first-order valence-corrected chi connectivity index (χ1v) is 14.2. The lowest BCUT2D eigenvalue weighted by Gasteiger charge is -2.39. The lowest BCUT2D eigenvalue weighted by Crippen LogP contribution is -2.51. The average Bonchev–Trinajstić information content (AvgIpc) is 3.49. The first kappa shape index (κ1) is 26.2. The molecule has 1 fully saturated rings. The summed E-state index contributed by atoms with van der Waals surface area (Å²) in [5.74, 6) is -1.25. The molecule has 3 heterocycles. The molecule has 4 atom stereocenters. The van der Waals surface area contributed by atoms with Crippen LogP contribution in [0.1, 0.15) is 38.8 Å². The molecule has 1 spiro atoms. The number of carbonyl (C=O) groups excluding carboxylic acids is 3. The van der Waals surface area contributed by atoms with Crippen LogP contribution in [0.2, 0.25) is 5.02 Å². The van der Waals surface area contributed by atoms with E-state index in [-0.39, 0.29) is 17.5 Å². The van der Waals surface area contributed by atoms with E-state index in [0.29, 0.717) is 33.1 Å². The third kappa shape index (κ3) is 3.61. The number of ether oxygens (including phenoxy) is 1. The molecule has 3 aliphatic heterocycles. The van der Waals surface area contributed by atoms with E-state index in [9.17, 15) is 14.4 Å². The molecule has 3 aliphatic rings. The summed E-state index contributed by atoms with van der Waals surface area (Å²) in [5.41, 5.74) is 3.58. The summed E-state index contributed by atoms with van der Waals surface area (Å²) in [6.45, 7) is 2.01. The number of hydrogen-bond donors (Lipinski definition) is 1. The van der Waals surface area contributed by atoms with Crippen molar-refractivity contribution in [3.63, 3.8) is 0 Å². The number of benzene rings is 4. The van der Waals surface area contributed by atoms with Gasteiger partial charge in [-0.15, -0.1) is 0 Å². The molecule has 1 N–H and O–H groups in total. The second-order valence-electron chi connectivity index (χ2n) is 11.0. The zero-order valence-electron chi connectivity index (χ0n) is 23.0. The van der Waals surface area contributed by atoms with Gasteiger partial charge in [0.2, 0.25) is 5.91 Å². The number of ketones is 2. The van der Waals surface area contributed by atoms with E-state index < -0.39 is 23.4 Å². The van der Waals surface area contributed by atoms with Gasteiger partial charge in [0.05, 0.1) is 19.1 Å². The Bertz CT molecular complexity index is 1800. The minimum Gasteiger partial charge on any atom is -0.497 e. The van der Waals surface area contributed by atoms with Gasteiger partial charge in [0.15, 0.2) is 11.6 Å². The van der Waals surface area contributed by atoms with Crippen LogP contribution in [-0.4, -0.2) is 36.7 Å². The van der Waals surface area contributed by atoms with Gasteiger partial charge in [-0.2, -0.15) is 0 Å². The van der Waals surface area contributed by atoms with Gasteiger partial charge >= 0.3 is 0 Å². The van der Waals surface area contributed by atoms with Crippen molar-refractivity contribution < 1.29 is 19.1 Å². The minimum atomic E-state index is -1.37. The lowest BCUT2D eigenvalue weighted by molar-refractivity contribution is -0.121. The molecular weight excluding hydrogens is 548 g/mol. The van der Waals surface area contributed by atoms with Crippen molar-refractivity contribution >= 4 is 46.0 Å². The predicted octanol–water partition coefficient (Wildman–Crippen LogP) is 6.59. The quantitative estimate of drug-likeness (QED) is 0.272. The van der Waals surface area contributed by atoms with Crippen LogP contribution in [0.5, 0.6) is 5.75 Å². The maximum Gasteiger partial charge on any atom is 0.238 e. The molecule has 42 heavy (non-hydrogen) atoms. The van der Waals surface area contributed by atoms with Crippen molar-refractivity contribution in [2.75, 3.05) is 17.3 Å². The zero-order chi connectivity index (χ0) is 29.2. The number of rotatable bonds is 5. The Morgan fingerprint density at radius 3 is 2.24 bits per heavy atom. The molecule has 1 amide bonds. The first-order chi connectivity index (χ1) is 20.4. The number of hydrogen-bond acceptors (Lipinski definition) is 5. The third-order valence-corrected chi connectivity index (χ3v) is 9.19. The van der Waals surface area contributed by atoms with Gasteiger partial charge in [-0.25, -0.2) is 0 Å². The number of Topliss-reactive ketones (excluding diaryl/α,β-unsaturated/α-hetero) is 2. The number of methoxy groups -OCH3 is 1. The molecule has 1 saturated heterocycles. The number of nitrogens with zero attached hydrogens (tertiary/aromatic N) is 1. The van der Waals surface area contributed by atoms with Gasteiger partial charge in [-0.3, -0.25) is 14.4 Å². The Labute approximate surface area is 248 Å². The monoisotopic (exact) mass is 574 g/mol. The Morgan fingerprint density at radius 2 is 1.50 bits per heavy atom. The van der Waals surface area contributed by atoms with Crippen molar-refractivity contribution in [1.29, 1.82) is 0 Å². The van der Waals surface area contributed by atoms with E-state index in [0.717, 1.165) is 16.8 Å². The summed E-state index contributed by atoms with van der Waals surface area (Å²) >= 11 is 6.19. The van der Waals surface area contributed by atoms with Crippen molar-refractivity contribution in [3.8, 4) is 5.75 Å². The highest BCUT2D eigenvalue weighted by molar-refractivity contribution is 6.30. The number of nitrogens with one attached hydrogen (secondary N) is 1. The van der Waals surface area contributed by atoms with Crippen molar-refractivity contribution in [2.24, 2.45) is 5.92 Å². The van der Waals surface area contributed by atoms with Crippen LogP contribution in [0.3, 0.4) is 0 Å². The second kappa shape index (κ2) is 9.71. The smallest absolute Gasteiger partial charge is 0.238 e. The highest BCUT2D eigenvalue weighted by atomic mass is 35.5. The number of carbonyl (C=O) groups is 3. The standard InChI is InChI=1S/C35H27ClN2O4/c1-20-19-29-35(26-8-4-5-9-27(26)37-34(35)41)30(32(39)21-11-15-23(36)16-12-21)31(38(29)28-10-6-3-7-25(20)28)33(40)22-13-17-24(42-2)18-14-22/h3-19,29-31H,1-2H3,(H,37,41)/t29-,30+,31-,35+/m0/s1. The SMILES string of the molecule is COc1ccc(C(=O)[C@@H]2[C@H](C(=O)c3ccc(Cl)cc3)[C@]3(C(=O)Nc4ccccc43)[C@@H]3C=C(C)c4ccccc4N23)cc1. The number of para-hydroxylation sites is 2. The second-order valence-corrected chi connectivity index (χ2v) is 11.4. The summed E-state index contributed by atoms with van der Waals surface area (Å²) in [5, 5.41) is 3.56. The number of halogens is 1. The van der Waals surface area contributed by atoms with Crippen LogP contribution in [0.25, 0.3) is 5.57 Å². The number of fused-ring (bicyclic) bond motifs is 6. The molecule has 0 aliphatic carbocycles. The van der Waals surface area contributed by atoms with Crippen LogP contribution in [0.4, 0.5) is 11.4 Å². The number of amides is 1. The van der Waals surface area contributed by atoms with Gasteiger partial charge < -0.3 is 15.0 Å². The van der Waals surface area contributed by atoms with E-state index in [1.54, 1.807) is 55.6 Å². The zero-order valence-corrected chi connectivity index (χ0v) is 23.8. The number of anilines is 2. The van der Waals surface area contributed by atoms with E-state index in [1.165, 1.54) is 0 Å². The van der Waals surface area contributed by atoms with Crippen LogP contribution < -0.4 is 15.0 Å². The molecule has 0 unspecified atom stereocenters. The molecule has 4 aromatic rings. The van der Waals surface area contributed by atoms with Crippen molar-refractivity contribution in [1.82, 2.24) is 0 Å². The first-order valence-electron chi connectivity index (χ1n) is 13.8. The predicted molar refractivity (Wildman–Crippen MR) is 163 cm³/mol. The van der Waals surface area contributed by atoms with Crippen molar-refractivity contribution in [3.05, 3.63) is 130 Å². The fraction of sp³-hybridized carbons (Fsp3) is 0.171. The lowest BCUT2D eigenvalue weighted by atomic mass is 9.64. The van der Waals surface area contributed by atoms with Crippen molar-refractivity contribution in [2.45, 2.75) is 24.4 Å². The van der Waals surface area contributed by atoms with E-state index >= 15 is 0 Å². The summed E-state index contributed by atoms with van der Waals surface area (Å²) in [6.07, 6.45) is 2.05. The Hall–Kier alpha value is -4.68. The summed E-state index contributed by atoms with van der Waals surface area (Å²) in [6, 6.07) is 27.3. The van der Waals surface area contributed by atoms with Crippen LogP contribution in [0.15, 0.2) is 103 Å². The molecule has 0 saturated carbocycles. The summed E-state index contributed by atoms with van der Waals surface area (Å²) in [7, 11) is 1.57. The molecule has 0 radical (unpaired) electrons. The van der Waals surface area contributed by atoms with Gasteiger partial charge in [0, 0.05) is 33.1 Å². The summed E-state index contributed by atoms with van der Waals surface area (Å²) in [4.78, 5) is 46.0. The van der Waals surface area contributed by atoms with Crippen LogP contribution >= 0.6 is 11.6 Å². The molecule has 0 bridgehead atoms. The molecule has 208 valence electrons. The molecule has 0 aromatic heterocycles. The third-order valence-electron chi connectivity index (χ3n) is 8.94. The normalized spacial score (nSPS) is 23.5. The molecule has 4 aromatic carbocycles. The van der Waals surface area contributed by atoms with E-state index in [2.05, 4.69) is 5.32 Å². The average molecular weight is 575 g/mol. The molecule has 6 nitrogen and oxygen atoms in total. The van der Waals surface area contributed by atoms with Crippen LogP contribution in [0, 0.1) is 5.92 Å². The van der Waals surface area contributed by atoms with Gasteiger partial charge in [-0.05, 0) is 78.7 Å². The Balaban J connectivity index is 1.53. The Morgan fingerprint density at radius 1 is 0.857 bits per heavy atom. The molecular formula is C35H27ClN2O4. The maximum absolute atomic E-state index is 14.8. The van der Waals surface area contributed by atoms with Gasteiger partial charge in [-0.1, -0.05) is 54.1 Å². The van der Waals surface area contributed by atoms with E-state index in [1.807, 2.05) is 66.4 Å². The fourth-order valence-electron chi connectivity index (χ4n) is 7.11. The van der Waals surface area contributed by atoms with Gasteiger partial charge in [0.25, 0.3) is 0 Å². The Kier molecular flexibility index (Phi) is 6.06. The highest BCUT2D eigenvalue weighted by Gasteiger charge is 2.70. The minimum absolute atomic E-state index is 0.244. The molecule has 7 heteroatoms. The summed E-state index contributed by atoms with van der Waals surface area (Å²) < 4.78 is 5.33. The highest BCUT2D eigenvalue weighted by Crippen LogP contribution is 2.58. The van der Waals surface area contributed by atoms with Gasteiger partial charge in [0.1, 0.15) is 17.2 Å². The molecule has 7 rings (SSSR count). The number of allylic oxidation sites excluding steroid dienone is 1.